The van der Waals surface area contributed by atoms with Crippen molar-refractivity contribution in [1.29, 1.82) is 0 Å². The molecule has 2 rings (SSSR count). The van der Waals surface area contributed by atoms with Gasteiger partial charge in [-0.05, 0) is 69.6 Å². The molecule has 0 aromatic heterocycles. The van der Waals surface area contributed by atoms with Gasteiger partial charge in [0.25, 0.3) is 0 Å². The lowest BCUT2D eigenvalue weighted by Gasteiger charge is -2.36. The summed E-state index contributed by atoms with van der Waals surface area (Å²) in [7, 11) is -3.11. The SMILES string of the molecule is CCNCC1CCN(C(C)c2ccc(S(C)(=O)=O)cc2)CC1.Cl. The number of benzene rings is 1. The fraction of sp³-hybridized carbons (Fsp3) is 0.647. The molecule has 0 spiro atoms. The van der Waals surface area contributed by atoms with Crippen molar-refractivity contribution in [3.63, 3.8) is 0 Å². The fourth-order valence-corrected chi connectivity index (χ4v) is 3.73. The van der Waals surface area contributed by atoms with E-state index in [2.05, 4.69) is 24.1 Å². The number of rotatable bonds is 6. The van der Waals surface area contributed by atoms with Gasteiger partial charge in [0.2, 0.25) is 0 Å². The Bertz CT molecular complexity index is 567. The Hall–Kier alpha value is -0.620. The van der Waals surface area contributed by atoms with Gasteiger partial charge in [0.05, 0.1) is 4.90 Å². The minimum Gasteiger partial charge on any atom is -0.317 e. The van der Waals surface area contributed by atoms with Crippen LogP contribution >= 0.6 is 12.4 Å². The van der Waals surface area contributed by atoms with Crippen molar-refractivity contribution < 1.29 is 8.42 Å². The summed E-state index contributed by atoms with van der Waals surface area (Å²) < 4.78 is 23.0. The van der Waals surface area contributed by atoms with Crippen LogP contribution in [0.15, 0.2) is 29.2 Å². The molecule has 0 saturated carbocycles. The van der Waals surface area contributed by atoms with E-state index in [1.807, 2.05) is 12.1 Å². The number of hydrogen-bond acceptors (Lipinski definition) is 4. The second-order valence-corrected chi connectivity index (χ2v) is 8.32. The molecule has 1 aromatic rings. The molecule has 1 aromatic carbocycles. The summed E-state index contributed by atoms with van der Waals surface area (Å²) in [5.74, 6) is 0.788. The molecule has 6 heteroatoms. The summed E-state index contributed by atoms with van der Waals surface area (Å²) in [5.41, 5.74) is 1.19. The zero-order valence-corrected chi connectivity index (χ0v) is 15.9. The largest absolute Gasteiger partial charge is 0.317 e. The first-order valence-corrected chi connectivity index (χ1v) is 10.1. The van der Waals surface area contributed by atoms with Gasteiger partial charge in [-0.2, -0.15) is 0 Å². The molecular formula is C17H29ClN2O2S. The number of sulfone groups is 1. The number of nitrogens with one attached hydrogen (secondary N) is 1. The van der Waals surface area contributed by atoms with E-state index in [4.69, 9.17) is 0 Å². The van der Waals surface area contributed by atoms with E-state index in [0.717, 1.165) is 32.1 Å². The predicted molar refractivity (Wildman–Crippen MR) is 98.1 cm³/mol. The number of hydrogen-bond donors (Lipinski definition) is 1. The number of nitrogens with zero attached hydrogens (tertiary/aromatic N) is 1. The van der Waals surface area contributed by atoms with Gasteiger partial charge in [-0.1, -0.05) is 19.1 Å². The highest BCUT2D eigenvalue weighted by atomic mass is 35.5. The van der Waals surface area contributed by atoms with Gasteiger partial charge < -0.3 is 5.32 Å². The molecule has 23 heavy (non-hydrogen) atoms. The molecule has 0 bridgehead atoms. The molecule has 1 heterocycles. The van der Waals surface area contributed by atoms with E-state index >= 15 is 0 Å². The molecule has 1 aliphatic rings. The topological polar surface area (TPSA) is 49.4 Å². The van der Waals surface area contributed by atoms with Gasteiger partial charge in [-0.25, -0.2) is 8.42 Å². The maximum absolute atomic E-state index is 11.5. The van der Waals surface area contributed by atoms with Crippen molar-refractivity contribution in [1.82, 2.24) is 10.2 Å². The van der Waals surface area contributed by atoms with E-state index in [1.54, 1.807) is 12.1 Å². The Labute approximate surface area is 147 Å². The lowest BCUT2D eigenvalue weighted by Crippen LogP contribution is -2.38. The van der Waals surface area contributed by atoms with Crippen LogP contribution in [0.3, 0.4) is 0 Å². The summed E-state index contributed by atoms with van der Waals surface area (Å²) >= 11 is 0. The van der Waals surface area contributed by atoms with Crippen molar-refractivity contribution in [2.45, 2.75) is 37.6 Å². The van der Waals surface area contributed by atoms with Crippen LogP contribution in [0.25, 0.3) is 0 Å². The molecule has 0 radical (unpaired) electrons. The van der Waals surface area contributed by atoms with Crippen LogP contribution in [0.4, 0.5) is 0 Å². The highest BCUT2D eigenvalue weighted by molar-refractivity contribution is 7.90. The minimum atomic E-state index is -3.11. The quantitative estimate of drug-likeness (QED) is 0.847. The second kappa shape index (κ2) is 9.02. The Kier molecular flexibility index (Phi) is 8.01. The maximum atomic E-state index is 11.5. The van der Waals surface area contributed by atoms with Crippen LogP contribution in [0.1, 0.15) is 38.3 Å². The Morgan fingerprint density at radius 2 is 1.78 bits per heavy atom. The molecule has 1 unspecified atom stereocenters. The van der Waals surface area contributed by atoms with Gasteiger partial charge >= 0.3 is 0 Å². The second-order valence-electron chi connectivity index (χ2n) is 6.30. The molecule has 132 valence electrons. The third-order valence-electron chi connectivity index (χ3n) is 4.67. The lowest BCUT2D eigenvalue weighted by atomic mass is 9.94. The fourth-order valence-electron chi connectivity index (χ4n) is 3.10. The van der Waals surface area contributed by atoms with Gasteiger partial charge in [-0.3, -0.25) is 4.90 Å². The van der Waals surface area contributed by atoms with Gasteiger partial charge in [0, 0.05) is 12.3 Å². The lowest BCUT2D eigenvalue weighted by molar-refractivity contribution is 0.140. The monoisotopic (exact) mass is 360 g/mol. The van der Waals surface area contributed by atoms with Crippen LogP contribution in [0.2, 0.25) is 0 Å². The van der Waals surface area contributed by atoms with E-state index in [-0.39, 0.29) is 12.4 Å². The molecule has 1 saturated heterocycles. The predicted octanol–water partition coefficient (Wildman–Crippen LogP) is 2.89. The molecule has 0 amide bonds. The first-order valence-electron chi connectivity index (χ1n) is 8.16. The average molecular weight is 361 g/mol. The third kappa shape index (κ3) is 5.75. The zero-order valence-electron chi connectivity index (χ0n) is 14.3. The minimum absolute atomic E-state index is 0. The molecule has 1 atom stereocenters. The molecule has 1 fully saturated rings. The first kappa shape index (κ1) is 20.4. The van der Waals surface area contributed by atoms with Crippen LogP contribution in [0.5, 0.6) is 0 Å². The van der Waals surface area contributed by atoms with E-state index in [1.165, 1.54) is 24.7 Å². The summed E-state index contributed by atoms with van der Waals surface area (Å²) in [6.07, 6.45) is 3.72. The molecule has 1 aliphatic heterocycles. The van der Waals surface area contributed by atoms with Crippen molar-refractivity contribution in [2.24, 2.45) is 5.92 Å². The average Bonchev–Trinajstić information content (AvgIpc) is 2.52. The van der Waals surface area contributed by atoms with E-state index in [9.17, 15) is 8.42 Å². The van der Waals surface area contributed by atoms with Crippen LogP contribution in [-0.4, -0.2) is 45.8 Å². The number of piperidine rings is 1. The smallest absolute Gasteiger partial charge is 0.175 e. The third-order valence-corrected chi connectivity index (χ3v) is 5.80. The summed E-state index contributed by atoms with van der Waals surface area (Å²) in [5, 5.41) is 3.44. The molecule has 1 N–H and O–H groups in total. The van der Waals surface area contributed by atoms with Crippen molar-refractivity contribution in [2.75, 3.05) is 32.4 Å². The first-order chi connectivity index (χ1) is 10.4. The standard InChI is InChI=1S/C17H28N2O2S.ClH/c1-4-18-13-15-9-11-19(12-10-15)14(2)16-5-7-17(8-6-16)22(3,20)21;/h5-8,14-15,18H,4,9-13H2,1-3H3;1H. The van der Waals surface area contributed by atoms with Crippen molar-refractivity contribution in [3.8, 4) is 0 Å². The normalized spacial score (nSPS) is 18.4. The summed E-state index contributed by atoms with van der Waals surface area (Å²) in [4.78, 5) is 2.89. The van der Waals surface area contributed by atoms with Gasteiger partial charge in [-0.15, -0.1) is 12.4 Å². The van der Waals surface area contributed by atoms with Crippen LogP contribution in [-0.2, 0) is 9.84 Å². The van der Waals surface area contributed by atoms with Gasteiger partial charge in [0.15, 0.2) is 9.84 Å². The highest BCUT2D eigenvalue weighted by Crippen LogP contribution is 2.27. The number of likely N-dealkylation sites (tertiary alicyclic amines) is 1. The maximum Gasteiger partial charge on any atom is 0.175 e. The molecule has 4 nitrogen and oxygen atoms in total. The van der Waals surface area contributed by atoms with Crippen molar-refractivity contribution in [3.05, 3.63) is 29.8 Å². The summed E-state index contributed by atoms with van der Waals surface area (Å²) in [6, 6.07) is 7.68. The summed E-state index contributed by atoms with van der Waals surface area (Å²) in [6.45, 7) is 8.76. The van der Waals surface area contributed by atoms with Crippen LogP contribution < -0.4 is 5.32 Å². The Morgan fingerprint density at radius 1 is 1.22 bits per heavy atom. The Balaban J connectivity index is 0.00000264. The highest BCUT2D eigenvalue weighted by Gasteiger charge is 2.23. The Morgan fingerprint density at radius 3 is 2.26 bits per heavy atom. The molecule has 0 aliphatic carbocycles. The van der Waals surface area contributed by atoms with Gasteiger partial charge in [0.1, 0.15) is 0 Å². The van der Waals surface area contributed by atoms with E-state index < -0.39 is 9.84 Å². The number of halogens is 1. The molecular weight excluding hydrogens is 332 g/mol. The van der Waals surface area contributed by atoms with E-state index in [0.29, 0.717) is 10.9 Å². The zero-order chi connectivity index (χ0) is 16.2. The van der Waals surface area contributed by atoms with Crippen LogP contribution in [0, 0.1) is 5.92 Å². The van der Waals surface area contributed by atoms with Crippen molar-refractivity contribution >= 4 is 22.2 Å².